The molecule has 1 aromatic carbocycles. The highest BCUT2D eigenvalue weighted by Gasteiger charge is 2.26. The summed E-state index contributed by atoms with van der Waals surface area (Å²) < 4.78 is 11.2. The second-order valence-electron chi connectivity index (χ2n) is 5.24. The van der Waals surface area contributed by atoms with Crippen molar-refractivity contribution in [2.75, 3.05) is 31.6 Å². The number of nitrogens with zero attached hydrogens (tertiary/aromatic N) is 1. The first kappa shape index (κ1) is 16.4. The fraction of sp³-hybridized carbons (Fsp3) is 0.278. The Balaban J connectivity index is 1.66. The number of carbonyl (C=O) groups excluding carboxylic acids is 1. The Bertz CT molecular complexity index is 724. The summed E-state index contributed by atoms with van der Waals surface area (Å²) in [7, 11) is 0. The van der Waals surface area contributed by atoms with Crippen LogP contribution in [0.4, 0.5) is 10.5 Å². The summed E-state index contributed by atoms with van der Waals surface area (Å²) in [4.78, 5) is 15.5. The van der Waals surface area contributed by atoms with Crippen LogP contribution in [0.15, 0.2) is 41.8 Å². The molecule has 0 saturated carbocycles. The fourth-order valence-corrected chi connectivity index (χ4v) is 3.26. The molecule has 24 heavy (non-hydrogen) atoms. The number of para-hydroxylation sites is 2. The third-order valence-corrected chi connectivity index (χ3v) is 4.62. The molecule has 0 aliphatic carbocycles. The van der Waals surface area contributed by atoms with E-state index < -0.39 is 0 Å². The van der Waals surface area contributed by atoms with Crippen LogP contribution in [0.25, 0.3) is 0 Å². The van der Waals surface area contributed by atoms with Crippen LogP contribution >= 0.6 is 11.3 Å². The minimum absolute atomic E-state index is 0.0718. The van der Waals surface area contributed by atoms with Gasteiger partial charge in [-0.05, 0) is 23.6 Å². The molecular formula is C18H18N2O3S. The van der Waals surface area contributed by atoms with Gasteiger partial charge in [-0.15, -0.1) is 17.8 Å². The normalized spacial score (nSPS) is 17.1. The minimum atomic E-state index is -0.170. The van der Waals surface area contributed by atoms with E-state index in [0.717, 1.165) is 4.88 Å². The molecule has 1 N–H and O–H groups in total. The number of urea groups is 1. The van der Waals surface area contributed by atoms with Gasteiger partial charge < -0.3 is 19.7 Å². The van der Waals surface area contributed by atoms with Crippen molar-refractivity contribution < 1.29 is 14.3 Å². The first-order valence-corrected chi connectivity index (χ1v) is 8.52. The number of terminal acetylenes is 1. The van der Waals surface area contributed by atoms with Gasteiger partial charge in [0.25, 0.3) is 0 Å². The Labute approximate surface area is 145 Å². The van der Waals surface area contributed by atoms with Gasteiger partial charge in [0, 0.05) is 11.4 Å². The van der Waals surface area contributed by atoms with Gasteiger partial charge in [0.1, 0.15) is 18.5 Å². The number of carbonyl (C=O) groups is 1. The smallest absolute Gasteiger partial charge is 0.322 e. The third-order valence-electron chi connectivity index (χ3n) is 3.65. The number of hydrogen-bond donors (Lipinski definition) is 1. The molecule has 6 heteroatoms. The standard InChI is InChI=1S/C18H18N2O3S/c1-2-10-22-15-7-4-3-6-14(15)19-18(21)20-9-11-23-16(13-20)17-8-5-12-24-17/h1,3-8,12,16H,9-11,13H2,(H,19,21)/t16-/m0/s1. The van der Waals surface area contributed by atoms with Crippen LogP contribution in [0.2, 0.25) is 0 Å². The lowest BCUT2D eigenvalue weighted by Crippen LogP contribution is -2.44. The van der Waals surface area contributed by atoms with Crippen molar-refractivity contribution in [3.63, 3.8) is 0 Å². The highest BCUT2D eigenvalue weighted by molar-refractivity contribution is 7.10. The van der Waals surface area contributed by atoms with Crippen LogP contribution in [0.3, 0.4) is 0 Å². The van der Waals surface area contributed by atoms with Gasteiger partial charge in [-0.25, -0.2) is 4.79 Å². The molecule has 2 aromatic rings. The maximum Gasteiger partial charge on any atom is 0.322 e. The SMILES string of the molecule is C#CCOc1ccccc1NC(=O)N1CCO[C@H](c2cccs2)C1. The van der Waals surface area contributed by atoms with E-state index >= 15 is 0 Å². The number of thiophene rings is 1. The Morgan fingerprint density at radius 2 is 2.29 bits per heavy atom. The molecule has 0 bridgehead atoms. The topological polar surface area (TPSA) is 50.8 Å². The number of benzene rings is 1. The zero-order valence-corrected chi connectivity index (χ0v) is 13.9. The molecule has 3 rings (SSSR count). The Morgan fingerprint density at radius 3 is 3.08 bits per heavy atom. The zero-order valence-electron chi connectivity index (χ0n) is 13.1. The van der Waals surface area contributed by atoms with E-state index in [-0.39, 0.29) is 18.7 Å². The monoisotopic (exact) mass is 342 g/mol. The average molecular weight is 342 g/mol. The number of anilines is 1. The average Bonchev–Trinajstić information content (AvgIpc) is 3.16. The van der Waals surface area contributed by atoms with Gasteiger partial charge in [-0.2, -0.15) is 0 Å². The van der Waals surface area contributed by atoms with Gasteiger partial charge in [-0.1, -0.05) is 24.1 Å². The van der Waals surface area contributed by atoms with Crippen molar-refractivity contribution in [3.8, 4) is 18.1 Å². The highest BCUT2D eigenvalue weighted by Crippen LogP contribution is 2.28. The molecule has 1 aromatic heterocycles. The van der Waals surface area contributed by atoms with Crippen molar-refractivity contribution >= 4 is 23.1 Å². The molecule has 2 heterocycles. The largest absolute Gasteiger partial charge is 0.479 e. The van der Waals surface area contributed by atoms with Crippen LogP contribution < -0.4 is 10.1 Å². The minimum Gasteiger partial charge on any atom is -0.479 e. The summed E-state index contributed by atoms with van der Waals surface area (Å²) in [5.41, 5.74) is 0.608. The molecule has 0 spiro atoms. The summed E-state index contributed by atoms with van der Waals surface area (Å²) in [6.07, 6.45) is 5.15. The van der Waals surface area contributed by atoms with E-state index in [2.05, 4.69) is 11.2 Å². The maximum atomic E-state index is 12.6. The lowest BCUT2D eigenvalue weighted by Gasteiger charge is -2.32. The molecule has 124 valence electrons. The van der Waals surface area contributed by atoms with E-state index in [9.17, 15) is 4.79 Å². The Hall–Kier alpha value is -2.49. The van der Waals surface area contributed by atoms with Gasteiger partial charge in [0.15, 0.2) is 0 Å². The first-order valence-electron chi connectivity index (χ1n) is 7.64. The second kappa shape index (κ2) is 7.86. The number of amides is 2. The van der Waals surface area contributed by atoms with Gasteiger partial charge in [0.2, 0.25) is 0 Å². The summed E-state index contributed by atoms with van der Waals surface area (Å²) in [5, 5.41) is 4.91. The first-order chi connectivity index (χ1) is 11.8. The van der Waals surface area contributed by atoms with Crippen molar-refractivity contribution in [2.45, 2.75) is 6.10 Å². The summed E-state index contributed by atoms with van der Waals surface area (Å²) in [5.74, 6) is 2.98. The zero-order chi connectivity index (χ0) is 16.8. The molecule has 1 aliphatic rings. The number of ether oxygens (including phenoxy) is 2. The van der Waals surface area contributed by atoms with Crippen molar-refractivity contribution in [2.24, 2.45) is 0 Å². The molecular weight excluding hydrogens is 324 g/mol. The molecule has 1 fully saturated rings. The Kier molecular flexibility index (Phi) is 5.36. The van der Waals surface area contributed by atoms with E-state index in [4.69, 9.17) is 15.9 Å². The third kappa shape index (κ3) is 3.88. The van der Waals surface area contributed by atoms with E-state index in [0.29, 0.717) is 31.1 Å². The van der Waals surface area contributed by atoms with E-state index in [1.807, 2.05) is 29.6 Å². The number of morpholine rings is 1. The van der Waals surface area contributed by atoms with Crippen LogP contribution in [0, 0.1) is 12.3 Å². The number of rotatable bonds is 4. The van der Waals surface area contributed by atoms with E-state index in [1.54, 1.807) is 28.4 Å². The molecule has 1 aliphatic heterocycles. The summed E-state index contributed by atoms with van der Waals surface area (Å²) >= 11 is 1.64. The predicted molar refractivity (Wildman–Crippen MR) is 94.4 cm³/mol. The molecule has 0 radical (unpaired) electrons. The van der Waals surface area contributed by atoms with Crippen molar-refractivity contribution in [3.05, 3.63) is 46.7 Å². The predicted octanol–water partition coefficient (Wildman–Crippen LogP) is 3.37. The van der Waals surface area contributed by atoms with Crippen molar-refractivity contribution in [1.29, 1.82) is 0 Å². The Morgan fingerprint density at radius 1 is 1.42 bits per heavy atom. The summed E-state index contributed by atoms with van der Waals surface area (Å²) in [6.45, 7) is 1.76. The maximum absolute atomic E-state index is 12.6. The molecule has 1 saturated heterocycles. The van der Waals surface area contributed by atoms with Crippen LogP contribution in [0.1, 0.15) is 11.0 Å². The highest BCUT2D eigenvalue weighted by atomic mass is 32.1. The summed E-state index contributed by atoms with van der Waals surface area (Å²) in [6, 6.07) is 11.1. The lowest BCUT2D eigenvalue weighted by molar-refractivity contribution is -0.0116. The van der Waals surface area contributed by atoms with Crippen LogP contribution in [-0.2, 0) is 4.74 Å². The van der Waals surface area contributed by atoms with E-state index in [1.165, 1.54) is 0 Å². The quantitative estimate of drug-likeness (QED) is 0.867. The molecule has 0 unspecified atom stereocenters. The van der Waals surface area contributed by atoms with Gasteiger partial charge in [-0.3, -0.25) is 0 Å². The molecule has 1 atom stereocenters. The second-order valence-corrected chi connectivity index (χ2v) is 6.22. The number of nitrogens with one attached hydrogen (secondary N) is 1. The molecule has 2 amide bonds. The van der Waals surface area contributed by atoms with Crippen LogP contribution in [0.5, 0.6) is 5.75 Å². The van der Waals surface area contributed by atoms with Crippen molar-refractivity contribution in [1.82, 2.24) is 4.90 Å². The van der Waals surface area contributed by atoms with Crippen LogP contribution in [-0.4, -0.2) is 37.2 Å². The fourth-order valence-electron chi connectivity index (χ4n) is 2.49. The number of hydrogen-bond acceptors (Lipinski definition) is 4. The van der Waals surface area contributed by atoms with Gasteiger partial charge >= 0.3 is 6.03 Å². The van der Waals surface area contributed by atoms with Gasteiger partial charge in [0.05, 0.1) is 18.8 Å². The lowest BCUT2D eigenvalue weighted by atomic mass is 10.2. The molecule has 5 nitrogen and oxygen atoms in total.